The van der Waals surface area contributed by atoms with E-state index in [9.17, 15) is 22.8 Å². The van der Waals surface area contributed by atoms with Crippen molar-refractivity contribution in [1.29, 1.82) is 0 Å². The van der Waals surface area contributed by atoms with Gasteiger partial charge in [0.15, 0.2) is 11.5 Å². The number of nitrogens with one attached hydrogen (secondary N) is 2. The Morgan fingerprint density at radius 2 is 1.91 bits per heavy atom. The Labute approximate surface area is 179 Å². The van der Waals surface area contributed by atoms with Crippen LogP contribution in [0, 0.1) is 5.41 Å². The number of imidazole rings is 1. The van der Waals surface area contributed by atoms with Gasteiger partial charge in [0, 0.05) is 44.0 Å². The van der Waals surface area contributed by atoms with E-state index in [0.29, 0.717) is 37.7 Å². The Balaban J connectivity index is 1.12. The summed E-state index contributed by atoms with van der Waals surface area (Å²) in [6, 6.07) is -0.765. The summed E-state index contributed by atoms with van der Waals surface area (Å²) in [5.41, 5.74) is 0.0638. The van der Waals surface area contributed by atoms with Gasteiger partial charge in [0.2, 0.25) is 0 Å². The van der Waals surface area contributed by atoms with Crippen LogP contribution in [-0.4, -0.2) is 60.1 Å². The number of alkyl halides is 3. The number of amides is 3. The average molecular weight is 448 g/mol. The minimum absolute atomic E-state index is 0.0376. The second-order valence-corrected chi connectivity index (χ2v) is 8.39. The van der Waals surface area contributed by atoms with Crippen molar-refractivity contribution in [2.75, 3.05) is 18.4 Å². The number of fused-ring (bicyclic) bond motifs is 1. The standard InChI is InChI=1S/C19H19F3N8O2/c1-28-2-3-30-15(28)12(6-24-30)16(31)29-9-18(10-29)4-11(5-18)25-17(32)27-14-8-23-7-13(26-14)19(20,21)22/h2-3,6-8,11H,4-5,9-10H2,1H3,(H2,25,26,27,32). The molecule has 2 fully saturated rings. The zero-order chi connectivity index (χ0) is 22.7. The first kappa shape index (κ1) is 20.3. The van der Waals surface area contributed by atoms with Crippen LogP contribution in [0.5, 0.6) is 0 Å². The Kier molecular flexibility index (Phi) is 4.39. The molecule has 1 spiro atoms. The highest BCUT2D eigenvalue weighted by Gasteiger charge is 2.54. The first-order valence-electron chi connectivity index (χ1n) is 9.88. The maximum atomic E-state index is 12.8. The number of urea groups is 1. The average Bonchev–Trinajstić information content (AvgIpc) is 3.25. The summed E-state index contributed by atoms with van der Waals surface area (Å²) in [4.78, 5) is 33.5. The number of likely N-dealkylation sites (tertiary alicyclic amines) is 1. The van der Waals surface area contributed by atoms with Crippen molar-refractivity contribution in [2.24, 2.45) is 12.5 Å². The number of aromatic nitrogens is 5. The molecule has 1 aliphatic heterocycles. The number of halogens is 3. The smallest absolute Gasteiger partial charge is 0.337 e. The molecule has 13 heteroatoms. The second-order valence-electron chi connectivity index (χ2n) is 8.39. The van der Waals surface area contributed by atoms with Gasteiger partial charge in [0.05, 0.1) is 18.6 Å². The van der Waals surface area contributed by atoms with E-state index in [2.05, 4.69) is 25.7 Å². The summed E-state index contributed by atoms with van der Waals surface area (Å²) in [5.74, 6) is -0.357. The van der Waals surface area contributed by atoms with Crippen molar-refractivity contribution >= 4 is 23.4 Å². The van der Waals surface area contributed by atoms with Crippen molar-refractivity contribution in [1.82, 2.24) is 34.4 Å². The number of anilines is 1. The van der Waals surface area contributed by atoms with E-state index in [1.165, 1.54) is 0 Å². The van der Waals surface area contributed by atoms with Crippen LogP contribution in [0.4, 0.5) is 23.8 Å². The molecular formula is C19H19F3N8O2. The van der Waals surface area contributed by atoms with Crippen LogP contribution in [0.2, 0.25) is 0 Å². The molecule has 3 amide bonds. The first-order valence-corrected chi connectivity index (χ1v) is 9.88. The zero-order valence-electron chi connectivity index (χ0n) is 16.9. The summed E-state index contributed by atoms with van der Waals surface area (Å²) in [6.45, 7) is 1.18. The van der Waals surface area contributed by atoms with Crippen LogP contribution >= 0.6 is 0 Å². The molecule has 0 unspecified atom stereocenters. The fourth-order valence-electron chi connectivity index (χ4n) is 4.52. The molecule has 0 radical (unpaired) electrons. The fourth-order valence-corrected chi connectivity index (χ4v) is 4.52. The number of nitrogens with zero attached hydrogens (tertiary/aromatic N) is 6. The van der Waals surface area contributed by atoms with Crippen molar-refractivity contribution in [3.63, 3.8) is 0 Å². The number of carbonyl (C=O) groups is 2. The highest BCUT2D eigenvalue weighted by molar-refractivity contribution is 6.00. The molecule has 0 bridgehead atoms. The monoisotopic (exact) mass is 448 g/mol. The van der Waals surface area contributed by atoms with E-state index in [0.717, 1.165) is 11.8 Å². The Hall–Kier alpha value is -3.64. The van der Waals surface area contributed by atoms with Gasteiger partial charge in [0.25, 0.3) is 5.91 Å². The number of aryl methyl sites for hydroxylation is 1. The van der Waals surface area contributed by atoms with Crippen LogP contribution in [0.1, 0.15) is 28.9 Å². The van der Waals surface area contributed by atoms with Crippen molar-refractivity contribution < 1.29 is 22.8 Å². The molecule has 0 aromatic carbocycles. The van der Waals surface area contributed by atoms with Crippen LogP contribution in [0.3, 0.4) is 0 Å². The maximum Gasteiger partial charge on any atom is 0.434 e. The minimum Gasteiger partial charge on any atom is -0.337 e. The van der Waals surface area contributed by atoms with Gasteiger partial charge in [-0.05, 0) is 12.8 Å². The third-order valence-electron chi connectivity index (χ3n) is 5.97. The first-order chi connectivity index (χ1) is 15.1. The van der Waals surface area contributed by atoms with Crippen molar-refractivity contribution in [3.8, 4) is 0 Å². The van der Waals surface area contributed by atoms with Crippen LogP contribution in [-0.2, 0) is 13.2 Å². The molecule has 3 aromatic heterocycles. The molecule has 1 saturated carbocycles. The van der Waals surface area contributed by atoms with Gasteiger partial charge < -0.3 is 14.8 Å². The quantitative estimate of drug-likeness (QED) is 0.636. The lowest BCUT2D eigenvalue weighted by atomic mass is 9.60. The van der Waals surface area contributed by atoms with E-state index >= 15 is 0 Å². The Morgan fingerprint density at radius 1 is 1.16 bits per heavy atom. The molecule has 1 saturated heterocycles. The normalized spacial score (nSPS) is 17.8. The SMILES string of the molecule is Cn1ccn2ncc(C(=O)N3CC4(CC(NC(=O)Nc5cncc(C(F)(F)F)n5)C4)C3)c12. The van der Waals surface area contributed by atoms with Gasteiger partial charge in [-0.2, -0.15) is 18.3 Å². The number of hydrogen-bond acceptors (Lipinski definition) is 5. The van der Waals surface area contributed by atoms with E-state index in [4.69, 9.17) is 0 Å². The highest BCUT2D eigenvalue weighted by atomic mass is 19.4. The summed E-state index contributed by atoms with van der Waals surface area (Å²) in [7, 11) is 1.85. The van der Waals surface area contributed by atoms with E-state index in [-0.39, 0.29) is 23.2 Å². The van der Waals surface area contributed by atoms with Crippen LogP contribution in [0.25, 0.3) is 5.65 Å². The van der Waals surface area contributed by atoms with Gasteiger partial charge in [-0.3, -0.25) is 15.1 Å². The molecule has 4 heterocycles. The van der Waals surface area contributed by atoms with Crippen LogP contribution in [0.15, 0.2) is 31.0 Å². The van der Waals surface area contributed by atoms with Gasteiger partial charge in [-0.25, -0.2) is 14.3 Å². The molecule has 1 aliphatic carbocycles. The lowest BCUT2D eigenvalue weighted by molar-refractivity contribution is -0.141. The molecule has 32 heavy (non-hydrogen) atoms. The summed E-state index contributed by atoms with van der Waals surface area (Å²) >= 11 is 0. The zero-order valence-corrected chi connectivity index (χ0v) is 16.9. The second kappa shape index (κ2) is 6.93. The van der Waals surface area contributed by atoms with Crippen molar-refractivity contribution in [2.45, 2.75) is 25.1 Å². The minimum atomic E-state index is -4.64. The van der Waals surface area contributed by atoms with Gasteiger partial charge in [0.1, 0.15) is 11.2 Å². The van der Waals surface area contributed by atoms with E-state index < -0.39 is 17.9 Å². The number of hydrogen-bond donors (Lipinski definition) is 2. The molecular weight excluding hydrogens is 429 g/mol. The number of carbonyl (C=O) groups excluding carboxylic acids is 2. The Bertz CT molecular complexity index is 1200. The predicted octanol–water partition coefficient (Wildman–Crippen LogP) is 1.91. The largest absolute Gasteiger partial charge is 0.434 e. The Morgan fingerprint density at radius 3 is 2.62 bits per heavy atom. The van der Waals surface area contributed by atoms with Crippen LogP contribution < -0.4 is 10.6 Å². The third-order valence-corrected chi connectivity index (χ3v) is 5.97. The predicted molar refractivity (Wildman–Crippen MR) is 105 cm³/mol. The molecule has 2 N–H and O–H groups in total. The third kappa shape index (κ3) is 3.42. The van der Waals surface area contributed by atoms with E-state index in [1.54, 1.807) is 21.8 Å². The molecule has 5 rings (SSSR count). The lowest BCUT2D eigenvalue weighted by Crippen LogP contribution is -2.67. The van der Waals surface area contributed by atoms with Gasteiger partial charge in [-0.1, -0.05) is 0 Å². The summed E-state index contributed by atoms with van der Waals surface area (Å²) in [6.07, 6.45) is 3.55. The maximum absolute atomic E-state index is 12.8. The van der Waals surface area contributed by atoms with Gasteiger partial charge >= 0.3 is 12.2 Å². The molecule has 3 aromatic rings. The molecule has 0 atom stereocenters. The molecule has 168 valence electrons. The number of rotatable bonds is 3. The van der Waals surface area contributed by atoms with Gasteiger partial charge in [-0.15, -0.1) is 0 Å². The van der Waals surface area contributed by atoms with E-state index in [1.807, 2.05) is 17.8 Å². The summed E-state index contributed by atoms with van der Waals surface area (Å²) < 4.78 is 41.6. The fraction of sp³-hybridized carbons (Fsp3) is 0.421. The summed E-state index contributed by atoms with van der Waals surface area (Å²) in [5, 5.41) is 9.20. The van der Waals surface area contributed by atoms with Crippen molar-refractivity contribution in [3.05, 3.63) is 42.2 Å². The topological polar surface area (TPSA) is 109 Å². The lowest BCUT2D eigenvalue weighted by Gasteiger charge is -2.58. The highest BCUT2D eigenvalue weighted by Crippen LogP contribution is 2.48. The molecule has 10 nitrogen and oxygen atoms in total. The molecule has 2 aliphatic rings.